The number of amides is 2. The third-order valence-electron chi connectivity index (χ3n) is 23.7. The van der Waals surface area contributed by atoms with Crippen LogP contribution < -0.4 is 27.2 Å². The van der Waals surface area contributed by atoms with Gasteiger partial charge in [-0.25, -0.2) is 19.3 Å². The molecule has 0 spiro atoms. The molecule has 6 aromatic heterocycles. The Balaban J connectivity index is 0.000000149. The molecule has 116 heavy (non-hydrogen) atoms. The van der Waals surface area contributed by atoms with Gasteiger partial charge in [-0.1, -0.05) is 0 Å². The summed E-state index contributed by atoms with van der Waals surface area (Å²) < 4.78 is 101. The fourth-order valence-electron chi connectivity index (χ4n) is 13.7. The first kappa shape index (κ1) is 92.7. The topological polar surface area (TPSA) is 268 Å². The van der Waals surface area contributed by atoms with Gasteiger partial charge in [-0.2, -0.15) is 34.3 Å². The predicted molar refractivity (Wildman–Crippen MR) is 450 cm³/mol. The summed E-state index contributed by atoms with van der Waals surface area (Å²) in [6.45, 7) is 56.5. The van der Waals surface area contributed by atoms with Crippen LogP contribution in [0.1, 0.15) is 215 Å². The standard InChI is InChI=1S/C19H32BN3O4.C15H26BN3O3.C15H26BN3O2.C11H16BrN3O2.C10H15BF2N2O2.C8H12BrN3/c1-17(2,3)25-16(24)22-10-8-15(9-11-22)23-13-14(12-21-23)20-26-18(4,5)19(6,7)27-20;1-14(2)15(3,4)22-16(21-14)13-11-17-19(12-13)6-5-18-7-9-20-10-8-18;1-14(2)15(3,4)21-16(20-14)13-11-17-19(12-13)10-9-18-7-5-6-8-18;1-11(2,3)17-10(16)14-4-5-15-8(12)6-13-9(15)7-14;1-9(2)10(3,4)17-11(16-9)7-5-14-15(6-7)8(12)13;9-7-5-11-12(6-7)8-1-3-10-4-2-8/h12-13,15H,8-11H2,1-7H3;11-12H,5-10H2,1-4H3;11-12H,5-10H2,1-4H3;6H,4-5,7H2,1-3H3;5-6,8H,1-4H3;5-6,8,10H,1-4H2. The lowest BCUT2D eigenvalue weighted by Crippen LogP contribution is -2.42. The molecule has 0 bridgehead atoms. The van der Waals surface area contributed by atoms with Gasteiger partial charge in [0.25, 0.3) is 0 Å². The summed E-state index contributed by atoms with van der Waals surface area (Å²) in [5, 5.41) is 24.6. The van der Waals surface area contributed by atoms with E-state index in [-0.39, 0.29) is 66.1 Å². The molecular formula is C78H127B4Br2F2N17O13. The molecule has 0 atom stereocenters. The second-order valence-electron chi connectivity index (χ2n) is 37.1. The molecule has 642 valence electrons. The van der Waals surface area contributed by atoms with Crippen molar-refractivity contribution < 1.29 is 69.8 Å². The monoisotopic (exact) mass is 1750 g/mol. The quantitative estimate of drug-likeness (QED) is 0.105. The lowest BCUT2D eigenvalue weighted by Gasteiger charge is -2.33. The van der Waals surface area contributed by atoms with Crippen LogP contribution >= 0.6 is 31.9 Å². The van der Waals surface area contributed by atoms with Gasteiger partial charge in [-0.3, -0.25) is 28.5 Å². The van der Waals surface area contributed by atoms with Gasteiger partial charge >= 0.3 is 47.2 Å². The second kappa shape index (κ2) is 37.8. The second-order valence-corrected chi connectivity index (χ2v) is 38.8. The number of alkyl halides is 2. The highest BCUT2D eigenvalue weighted by Gasteiger charge is 2.56. The highest BCUT2D eigenvalue weighted by atomic mass is 79.9. The summed E-state index contributed by atoms with van der Waals surface area (Å²) >= 11 is 6.82. The first-order valence-electron chi connectivity index (χ1n) is 41.0. The summed E-state index contributed by atoms with van der Waals surface area (Å²) in [7, 11) is -1.68. The Hall–Kier alpha value is -5.60. The summed E-state index contributed by atoms with van der Waals surface area (Å²) in [6, 6.07) is 0.859. The molecule has 0 unspecified atom stereocenters. The molecule has 1 N–H and O–H groups in total. The highest BCUT2D eigenvalue weighted by molar-refractivity contribution is 9.10. The zero-order valence-electron chi connectivity index (χ0n) is 72.6. The highest BCUT2D eigenvalue weighted by Crippen LogP contribution is 2.40. The first-order chi connectivity index (χ1) is 54.1. The number of carbonyl (C=O) groups is 2. The number of piperidine rings is 2. The van der Waals surface area contributed by atoms with Crippen molar-refractivity contribution >= 4 is 94.4 Å². The maximum Gasteiger partial charge on any atom is 0.498 e. The van der Waals surface area contributed by atoms with Crippen molar-refractivity contribution in [3.63, 3.8) is 0 Å². The van der Waals surface area contributed by atoms with Gasteiger partial charge in [0.1, 0.15) is 21.6 Å². The van der Waals surface area contributed by atoms with Gasteiger partial charge in [0.2, 0.25) is 0 Å². The Kier molecular flexibility index (Phi) is 30.2. The molecule has 0 aromatic carbocycles. The molecule has 0 aliphatic carbocycles. The number of aromatic nitrogens is 12. The van der Waals surface area contributed by atoms with Crippen molar-refractivity contribution in [2.75, 3.05) is 85.2 Å². The van der Waals surface area contributed by atoms with E-state index in [1.807, 2.05) is 148 Å². The largest absolute Gasteiger partial charge is 0.498 e. The van der Waals surface area contributed by atoms with E-state index in [4.69, 9.17) is 51.4 Å². The van der Waals surface area contributed by atoms with Crippen LogP contribution in [0.3, 0.4) is 0 Å². The first-order valence-corrected chi connectivity index (χ1v) is 42.6. The number of hydrogen-bond donors (Lipinski definition) is 1. The molecule has 9 aliphatic heterocycles. The van der Waals surface area contributed by atoms with E-state index in [1.54, 1.807) is 16.0 Å². The van der Waals surface area contributed by atoms with Crippen molar-refractivity contribution in [1.29, 1.82) is 0 Å². The minimum Gasteiger partial charge on any atom is -0.444 e. The summed E-state index contributed by atoms with van der Waals surface area (Å²) in [5.74, 6) is 0.883. The Morgan fingerprint density at radius 2 is 0.862 bits per heavy atom. The van der Waals surface area contributed by atoms with Gasteiger partial charge in [-0.15, -0.1) is 0 Å². The number of halogens is 4. The fraction of sp³-hybridized carbons (Fsp3) is 0.744. The number of carbonyl (C=O) groups excluding carboxylic acids is 2. The fourth-order valence-corrected chi connectivity index (χ4v) is 14.5. The Morgan fingerprint density at radius 3 is 1.28 bits per heavy atom. The summed E-state index contributed by atoms with van der Waals surface area (Å²) in [5.41, 5.74) is -0.390. The van der Waals surface area contributed by atoms with Crippen molar-refractivity contribution in [3.8, 4) is 0 Å². The van der Waals surface area contributed by atoms with Gasteiger partial charge in [0.15, 0.2) is 0 Å². The van der Waals surface area contributed by atoms with Crippen LogP contribution in [-0.4, -0.2) is 260 Å². The van der Waals surface area contributed by atoms with E-state index in [0.717, 1.165) is 116 Å². The number of nitrogens with zero attached hydrogens (tertiary/aromatic N) is 16. The zero-order chi connectivity index (χ0) is 84.8. The van der Waals surface area contributed by atoms with Crippen LogP contribution in [0.2, 0.25) is 0 Å². The van der Waals surface area contributed by atoms with Crippen LogP contribution in [0.25, 0.3) is 0 Å². The average molecular weight is 1750 g/mol. The van der Waals surface area contributed by atoms with Gasteiger partial charge in [-0.05, 0) is 249 Å². The van der Waals surface area contributed by atoms with E-state index in [9.17, 15) is 18.4 Å². The van der Waals surface area contributed by atoms with Gasteiger partial charge < -0.3 is 71.1 Å². The molecule has 2 amide bonds. The smallest absolute Gasteiger partial charge is 0.444 e. The molecular weight excluding hydrogens is 1620 g/mol. The molecule has 38 heteroatoms. The maximum atomic E-state index is 12.4. The molecule has 0 saturated carbocycles. The minimum absolute atomic E-state index is 0.237. The Bertz CT molecular complexity index is 4070. The molecule has 15 rings (SSSR count). The van der Waals surface area contributed by atoms with E-state index >= 15 is 0 Å². The van der Waals surface area contributed by atoms with Crippen molar-refractivity contribution in [1.82, 2.24) is 83.4 Å². The average Bonchev–Trinajstić information content (AvgIpc) is 1.63. The number of imidazole rings is 1. The number of hydrogen-bond acceptors (Lipinski definition) is 22. The van der Waals surface area contributed by atoms with E-state index in [1.165, 1.54) is 51.2 Å². The van der Waals surface area contributed by atoms with Crippen LogP contribution in [0.5, 0.6) is 0 Å². The molecule has 30 nitrogen and oxygen atoms in total. The van der Waals surface area contributed by atoms with E-state index in [0.29, 0.717) is 42.4 Å². The van der Waals surface area contributed by atoms with E-state index < -0.39 is 43.2 Å². The van der Waals surface area contributed by atoms with Gasteiger partial charge in [0.05, 0.1) is 107 Å². The lowest BCUT2D eigenvalue weighted by atomic mass is 9.82. The normalized spacial score (nSPS) is 22.2. The van der Waals surface area contributed by atoms with E-state index in [2.05, 4.69) is 154 Å². The van der Waals surface area contributed by atoms with Crippen LogP contribution in [-0.2, 0) is 77.6 Å². The SMILES string of the molecule is Brc1cnn(C2CCNCC2)c1.CC(C)(C)OC(=O)N1CCC(n2cc(B3OC(C)(C)C(C)(C)O3)cn2)CC1.CC(C)(C)OC(=O)N1CCn2c(Br)cnc2C1.CC1(C)OB(c2cnn(C(F)F)c2)OC1(C)C.CC1(C)OB(c2cnn(CCN3CCCC3)c2)OC1(C)C.CC1(C)OB(c2cnn(CCN3CCOCC3)c2)OC1(C)C. The molecule has 9 aliphatic rings. The van der Waals surface area contributed by atoms with Crippen LogP contribution in [0.4, 0.5) is 18.4 Å². The predicted octanol–water partition coefficient (Wildman–Crippen LogP) is 10.1. The van der Waals surface area contributed by atoms with Crippen molar-refractivity contribution in [3.05, 3.63) is 83.1 Å². The number of ether oxygens (including phenoxy) is 3. The number of fused-ring (bicyclic) bond motifs is 1. The maximum absolute atomic E-state index is 12.4. The summed E-state index contributed by atoms with van der Waals surface area (Å²) in [4.78, 5) is 36.7. The molecule has 8 fully saturated rings. The lowest BCUT2D eigenvalue weighted by molar-refractivity contribution is 0.00578. The Labute approximate surface area is 703 Å². The van der Waals surface area contributed by atoms with Crippen molar-refractivity contribution in [2.24, 2.45) is 0 Å². The third-order valence-corrected chi connectivity index (χ3v) is 24.7. The molecule has 0 radical (unpaired) electrons. The zero-order valence-corrected chi connectivity index (χ0v) is 75.8. The van der Waals surface area contributed by atoms with Gasteiger partial charge in [0, 0.05) is 130 Å². The Morgan fingerprint density at radius 1 is 0.474 bits per heavy atom. The van der Waals surface area contributed by atoms with Crippen molar-refractivity contribution in [2.45, 2.75) is 292 Å². The molecule has 6 aromatic rings. The number of nitrogens with one attached hydrogen (secondary N) is 1. The number of likely N-dealkylation sites (tertiary alicyclic amines) is 2. The number of rotatable bonds is 13. The molecule has 8 saturated heterocycles. The summed E-state index contributed by atoms with van der Waals surface area (Å²) in [6.07, 6.45) is 26.1. The molecule has 15 heterocycles. The third kappa shape index (κ3) is 24.4. The van der Waals surface area contributed by atoms with Crippen LogP contribution in [0, 0.1) is 0 Å². The number of morpholine rings is 1. The van der Waals surface area contributed by atoms with Crippen LogP contribution in [0.15, 0.2) is 77.2 Å². The minimum atomic E-state index is -2.65.